The third kappa shape index (κ3) is 2.14. The highest BCUT2D eigenvalue weighted by Gasteiger charge is 2.72. The molecule has 0 N–H and O–H groups in total. The summed E-state index contributed by atoms with van der Waals surface area (Å²) < 4.78 is -1.50. The number of anilines is 1. The van der Waals surface area contributed by atoms with Crippen LogP contribution in [0.4, 0.5) is 5.69 Å². The first kappa shape index (κ1) is 19.4. The van der Waals surface area contributed by atoms with E-state index in [4.69, 9.17) is 0 Å². The average Bonchev–Trinajstić information content (AvgIpc) is 3.04. The van der Waals surface area contributed by atoms with Crippen molar-refractivity contribution in [1.82, 2.24) is 0 Å². The first-order valence-electron chi connectivity index (χ1n) is 10.3. The van der Waals surface area contributed by atoms with E-state index in [0.717, 1.165) is 33.4 Å². The zero-order valence-corrected chi connectivity index (χ0v) is 20.2. The molecule has 1 aliphatic heterocycles. The van der Waals surface area contributed by atoms with Gasteiger partial charge in [-0.1, -0.05) is 98.1 Å². The van der Waals surface area contributed by atoms with Crippen LogP contribution in [0.25, 0.3) is 0 Å². The van der Waals surface area contributed by atoms with Gasteiger partial charge in [0.1, 0.15) is 0 Å². The van der Waals surface area contributed by atoms with E-state index in [-0.39, 0.29) is 11.8 Å². The summed E-state index contributed by atoms with van der Waals surface area (Å²) >= 11 is 8.08. The van der Waals surface area contributed by atoms with Gasteiger partial charge in [-0.25, -0.2) is 4.90 Å². The lowest BCUT2D eigenvalue weighted by atomic mass is 9.54. The van der Waals surface area contributed by atoms with Gasteiger partial charge in [0.2, 0.25) is 11.8 Å². The van der Waals surface area contributed by atoms with Gasteiger partial charge in [0.15, 0.2) is 0 Å². The first-order chi connectivity index (χ1) is 14.8. The summed E-state index contributed by atoms with van der Waals surface area (Å²) in [7, 11) is 0. The van der Waals surface area contributed by atoms with E-state index in [1.165, 1.54) is 4.90 Å². The molecule has 0 radical (unpaired) electrons. The summed E-state index contributed by atoms with van der Waals surface area (Å²) in [5.41, 5.74) is 6.91. The maximum atomic E-state index is 14.0. The van der Waals surface area contributed by atoms with Crippen LogP contribution in [0.5, 0.6) is 0 Å². The molecule has 0 aromatic heterocycles. The van der Waals surface area contributed by atoms with Crippen LogP contribution < -0.4 is 4.90 Å². The van der Waals surface area contributed by atoms with Gasteiger partial charge in [-0.05, 0) is 47.7 Å². The van der Waals surface area contributed by atoms with Gasteiger partial charge in [-0.3, -0.25) is 9.59 Å². The highest BCUT2D eigenvalue weighted by Crippen LogP contribution is 2.70. The highest BCUT2D eigenvalue weighted by molar-refractivity contribution is 9.10. The Bertz CT molecular complexity index is 1190. The molecule has 3 aromatic carbocycles. The van der Waals surface area contributed by atoms with Gasteiger partial charge in [-0.15, -0.1) is 0 Å². The van der Waals surface area contributed by atoms with Gasteiger partial charge in [0.25, 0.3) is 0 Å². The minimum absolute atomic E-state index is 0.147. The molecule has 1 fully saturated rings. The van der Waals surface area contributed by atoms with Crippen molar-refractivity contribution in [3.63, 3.8) is 0 Å². The molecule has 2 atom stereocenters. The monoisotopic (exact) mass is 535 g/mol. The number of alkyl halides is 2. The number of halogens is 2. The number of rotatable bonds is 1. The first-order valence-corrected chi connectivity index (χ1v) is 11.9. The number of hydrogen-bond donors (Lipinski definition) is 0. The standard InChI is InChI=1S/C26H19Br2NO2/c1-14-11-12-20(15(2)13-14)29-23(30)21-22(24(29)31)26(28)17-8-4-3-7-16(17)25(21,27)18-9-5-6-10-19(18)26/h3-13,21-22H,1-2H3. The van der Waals surface area contributed by atoms with Crippen molar-refractivity contribution in [2.45, 2.75) is 22.5 Å². The van der Waals surface area contributed by atoms with E-state index in [9.17, 15) is 9.59 Å². The molecule has 3 nitrogen and oxygen atoms in total. The molecular weight excluding hydrogens is 518 g/mol. The van der Waals surface area contributed by atoms with Crippen LogP contribution in [-0.4, -0.2) is 11.8 Å². The molecule has 2 bridgehead atoms. The quantitative estimate of drug-likeness (QED) is 0.295. The van der Waals surface area contributed by atoms with E-state index < -0.39 is 20.5 Å². The molecule has 0 spiro atoms. The van der Waals surface area contributed by atoms with Crippen molar-refractivity contribution < 1.29 is 9.59 Å². The number of carbonyl (C=O) groups excluding carboxylic acids is 2. The fourth-order valence-corrected chi connectivity index (χ4v) is 8.26. The number of hydrogen-bond acceptors (Lipinski definition) is 2. The van der Waals surface area contributed by atoms with Crippen molar-refractivity contribution >= 4 is 49.4 Å². The molecule has 2 amide bonds. The van der Waals surface area contributed by atoms with Crippen LogP contribution in [0.2, 0.25) is 0 Å². The van der Waals surface area contributed by atoms with E-state index >= 15 is 0 Å². The SMILES string of the molecule is Cc1ccc(N2C(=O)C3C(C2=O)C2(Br)c4ccccc4C3(Br)c3ccccc32)c(C)c1. The van der Waals surface area contributed by atoms with Gasteiger partial charge in [-0.2, -0.15) is 0 Å². The van der Waals surface area contributed by atoms with Crippen LogP contribution in [0.3, 0.4) is 0 Å². The zero-order chi connectivity index (χ0) is 21.7. The average molecular weight is 537 g/mol. The third-order valence-corrected chi connectivity index (χ3v) is 9.87. The molecule has 31 heavy (non-hydrogen) atoms. The normalized spacial score (nSPS) is 30.3. The number of nitrogens with zero attached hydrogens (tertiary/aromatic N) is 1. The summed E-state index contributed by atoms with van der Waals surface area (Å²) in [6.45, 7) is 3.97. The Kier molecular flexibility index (Phi) is 3.87. The Morgan fingerprint density at radius 2 is 1.13 bits per heavy atom. The van der Waals surface area contributed by atoms with Gasteiger partial charge in [0, 0.05) is 0 Å². The van der Waals surface area contributed by atoms with Crippen molar-refractivity contribution in [1.29, 1.82) is 0 Å². The molecule has 1 saturated heterocycles. The van der Waals surface area contributed by atoms with Crippen LogP contribution in [-0.2, 0) is 18.2 Å². The maximum absolute atomic E-state index is 14.0. The molecule has 3 aromatic rings. The Hall–Kier alpha value is -2.24. The summed E-state index contributed by atoms with van der Waals surface area (Å²) in [6.07, 6.45) is 0. The highest BCUT2D eigenvalue weighted by atomic mass is 79.9. The Morgan fingerprint density at radius 1 is 0.710 bits per heavy atom. The molecule has 0 saturated carbocycles. The summed E-state index contributed by atoms with van der Waals surface area (Å²) in [6, 6.07) is 22.2. The van der Waals surface area contributed by atoms with Crippen LogP contribution in [0.15, 0.2) is 66.7 Å². The van der Waals surface area contributed by atoms with Gasteiger partial charge < -0.3 is 0 Å². The fourth-order valence-electron chi connectivity index (χ4n) is 5.96. The Labute approximate surface area is 197 Å². The van der Waals surface area contributed by atoms with Crippen molar-refractivity contribution in [2.24, 2.45) is 11.8 Å². The maximum Gasteiger partial charge on any atom is 0.239 e. The Morgan fingerprint density at radius 3 is 1.52 bits per heavy atom. The second-order valence-corrected chi connectivity index (χ2v) is 11.3. The molecule has 3 aliphatic carbocycles. The second-order valence-electron chi connectivity index (χ2n) is 8.77. The number of amides is 2. The lowest BCUT2D eigenvalue weighted by Gasteiger charge is -2.55. The van der Waals surface area contributed by atoms with Crippen LogP contribution >= 0.6 is 31.9 Å². The topological polar surface area (TPSA) is 37.4 Å². The lowest BCUT2D eigenvalue weighted by molar-refractivity contribution is -0.122. The molecule has 2 unspecified atom stereocenters. The predicted molar refractivity (Wildman–Crippen MR) is 128 cm³/mol. The van der Waals surface area contributed by atoms with E-state index in [0.29, 0.717) is 5.69 Å². The van der Waals surface area contributed by atoms with Crippen molar-refractivity contribution in [2.75, 3.05) is 4.90 Å². The summed E-state index contributed by atoms with van der Waals surface area (Å²) in [4.78, 5) is 29.4. The van der Waals surface area contributed by atoms with E-state index in [2.05, 4.69) is 56.1 Å². The smallest absolute Gasteiger partial charge is 0.239 e. The molecule has 4 aliphatic rings. The number of carbonyl (C=O) groups is 2. The van der Waals surface area contributed by atoms with Crippen LogP contribution in [0.1, 0.15) is 33.4 Å². The number of aryl methyl sites for hydroxylation is 2. The van der Waals surface area contributed by atoms with E-state index in [1.807, 2.05) is 56.3 Å². The van der Waals surface area contributed by atoms with Crippen LogP contribution in [0, 0.1) is 25.7 Å². The van der Waals surface area contributed by atoms with Gasteiger partial charge in [0.05, 0.1) is 26.2 Å². The second kappa shape index (κ2) is 6.17. The summed E-state index contributed by atoms with van der Waals surface area (Å²) in [5, 5.41) is 0. The Balaban J connectivity index is 1.66. The minimum Gasteiger partial charge on any atom is -0.274 e. The molecule has 1 heterocycles. The minimum atomic E-state index is -0.750. The molecule has 5 heteroatoms. The van der Waals surface area contributed by atoms with Crippen molar-refractivity contribution in [3.8, 4) is 0 Å². The largest absolute Gasteiger partial charge is 0.274 e. The van der Waals surface area contributed by atoms with E-state index in [1.54, 1.807) is 0 Å². The number of benzene rings is 3. The molecule has 154 valence electrons. The molecular formula is C26H19Br2NO2. The number of imide groups is 1. The van der Waals surface area contributed by atoms with Gasteiger partial charge >= 0.3 is 0 Å². The molecule has 7 rings (SSSR count). The fraction of sp³-hybridized carbons (Fsp3) is 0.231. The predicted octanol–water partition coefficient (Wildman–Crippen LogP) is 5.71. The third-order valence-electron chi connectivity index (χ3n) is 7.18. The summed E-state index contributed by atoms with van der Waals surface area (Å²) in [5.74, 6) is -1.37. The lowest BCUT2D eigenvalue weighted by Crippen LogP contribution is -2.56. The van der Waals surface area contributed by atoms with Crippen molar-refractivity contribution in [3.05, 3.63) is 100 Å². The zero-order valence-electron chi connectivity index (χ0n) is 17.0.